The maximum atomic E-state index is 13.4. The topological polar surface area (TPSA) is 90.2 Å². The molecule has 178 valence electrons. The zero-order valence-electron chi connectivity index (χ0n) is 20.3. The van der Waals surface area contributed by atoms with E-state index < -0.39 is 6.04 Å². The van der Waals surface area contributed by atoms with E-state index in [2.05, 4.69) is 26.2 Å². The summed E-state index contributed by atoms with van der Waals surface area (Å²) in [5, 5.41) is 16.5. The van der Waals surface area contributed by atoms with Crippen molar-refractivity contribution in [3.8, 4) is 6.07 Å². The Morgan fingerprint density at radius 3 is 2.64 bits per heavy atom. The molecule has 1 aliphatic rings. The Kier molecular flexibility index (Phi) is 8.51. The number of nitrogens with zero attached hydrogens (tertiary/aromatic N) is 3. The minimum atomic E-state index is -0.496. The molecule has 1 aliphatic carbocycles. The number of rotatable bonds is 9. The highest BCUT2D eigenvalue weighted by Crippen LogP contribution is 2.26. The fourth-order valence-corrected chi connectivity index (χ4v) is 4.69. The fourth-order valence-electron chi connectivity index (χ4n) is 4.69. The van der Waals surface area contributed by atoms with Gasteiger partial charge in [-0.25, -0.2) is 0 Å². The highest BCUT2D eigenvalue weighted by atomic mass is 16.2. The molecule has 2 amide bonds. The molecule has 0 spiro atoms. The van der Waals surface area contributed by atoms with Crippen LogP contribution in [0.3, 0.4) is 0 Å². The summed E-state index contributed by atoms with van der Waals surface area (Å²) in [6.45, 7) is 5.60. The fraction of sp³-hybridized carbons (Fsp3) is 0.577. The van der Waals surface area contributed by atoms with Gasteiger partial charge in [0.25, 0.3) is 5.91 Å². The Hall–Kier alpha value is -2.85. The number of amides is 2. The van der Waals surface area contributed by atoms with Gasteiger partial charge in [0.1, 0.15) is 11.7 Å². The molecule has 3 atom stereocenters. The summed E-state index contributed by atoms with van der Waals surface area (Å²) < 4.78 is 2.07. The Labute approximate surface area is 197 Å². The number of hydrogen-bond acceptors (Lipinski definition) is 4. The molecule has 0 saturated heterocycles. The molecule has 33 heavy (non-hydrogen) atoms. The van der Waals surface area contributed by atoms with Gasteiger partial charge < -0.3 is 20.1 Å². The number of para-hydroxylation sites is 1. The SMILES string of the molecule is CC(C)CC(C#N)NC(=O)C1CCCCC1NC(=O)c1cc2ccccc2n1CCN(C)C. The quantitative estimate of drug-likeness (QED) is 0.610. The third kappa shape index (κ3) is 6.35. The molecule has 1 saturated carbocycles. The summed E-state index contributed by atoms with van der Waals surface area (Å²) in [5.41, 5.74) is 1.66. The van der Waals surface area contributed by atoms with E-state index >= 15 is 0 Å². The number of likely N-dealkylation sites (N-methyl/N-ethyl adjacent to an activating group) is 1. The van der Waals surface area contributed by atoms with E-state index in [-0.39, 0.29) is 23.8 Å². The first-order chi connectivity index (χ1) is 15.8. The summed E-state index contributed by atoms with van der Waals surface area (Å²) >= 11 is 0. The van der Waals surface area contributed by atoms with Crippen molar-refractivity contribution < 1.29 is 9.59 Å². The van der Waals surface area contributed by atoms with Gasteiger partial charge in [0.05, 0.1) is 12.0 Å². The van der Waals surface area contributed by atoms with Crippen LogP contribution < -0.4 is 10.6 Å². The van der Waals surface area contributed by atoms with Crippen molar-refractivity contribution in [2.45, 2.75) is 64.6 Å². The number of nitrogens with one attached hydrogen (secondary N) is 2. The number of carbonyl (C=O) groups is 2. The monoisotopic (exact) mass is 451 g/mol. The Balaban J connectivity index is 1.78. The second kappa shape index (κ2) is 11.3. The molecule has 1 fully saturated rings. The van der Waals surface area contributed by atoms with Gasteiger partial charge in [-0.2, -0.15) is 5.26 Å². The van der Waals surface area contributed by atoms with Crippen molar-refractivity contribution >= 4 is 22.7 Å². The lowest BCUT2D eigenvalue weighted by molar-refractivity contribution is -0.127. The summed E-state index contributed by atoms with van der Waals surface area (Å²) in [4.78, 5) is 28.5. The third-order valence-corrected chi connectivity index (χ3v) is 6.41. The first kappa shape index (κ1) is 24.8. The lowest BCUT2D eigenvalue weighted by Gasteiger charge is -2.32. The largest absolute Gasteiger partial charge is 0.347 e. The van der Waals surface area contributed by atoms with E-state index in [0.29, 0.717) is 24.6 Å². The second-order valence-electron chi connectivity index (χ2n) is 9.83. The van der Waals surface area contributed by atoms with Crippen LogP contribution in [0.25, 0.3) is 10.9 Å². The van der Waals surface area contributed by atoms with Gasteiger partial charge in [0.15, 0.2) is 0 Å². The molecule has 1 aromatic carbocycles. The molecule has 1 heterocycles. The Morgan fingerprint density at radius 1 is 1.21 bits per heavy atom. The molecule has 2 aromatic rings. The molecule has 0 radical (unpaired) electrons. The highest BCUT2D eigenvalue weighted by Gasteiger charge is 2.33. The summed E-state index contributed by atoms with van der Waals surface area (Å²) in [7, 11) is 4.04. The van der Waals surface area contributed by atoms with Gasteiger partial charge in [0, 0.05) is 30.0 Å². The number of benzene rings is 1. The molecule has 3 rings (SSSR count). The van der Waals surface area contributed by atoms with Gasteiger partial charge in [-0.05, 0) is 51.4 Å². The van der Waals surface area contributed by atoms with Crippen LogP contribution >= 0.6 is 0 Å². The van der Waals surface area contributed by atoms with E-state index in [0.717, 1.165) is 43.1 Å². The number of hydrogen-bond donors (Lipinski definition) is 2. The lowest BCUT2D eigenvalue weighted by Crippen LogP contribution is -2.50. The standard InChI is InChI=1S/C26H37N5O2/c1-18(2)15-20(17-27)28-25(32)21-10-6-7-11-22(21)29-26(33)24-16-19-9-5-8-12-23(19)31(24)14-13-30(3)4/h5,8-9,12,16,18,20-22H,6-7,10-11,13-15H2,1-4H3,(H,28,32)(H,29,33). The van der Waals surface area contributed by atoms with Crippen molar-refractivity contribution in [2.24, 2.45) is 11.8 Å². The first-order valence-corrected chi connectivity index (χ1v) is 12.0. The predicted octanol–water partition coefficient (Wildman–Crippen LogP) is 3.55. The molecule has 2 N–H and O–H groups in total. The van der Waals surface area contributed by atoms with Gasteiger partial charge in [0.2, 0.25) is 5.91 Å². The van der Waals surface area contributed by atoms with Crippen molar-refractivity contribution in [1.29, 1.82) is 5.26 Å². The van der Waals surface area contributed by atoms with Crippen LogP contribution in [-0.4, -0.2) is 54.0 Å². The predicted molar refractivity (Wildman–Crippen MR) is 131 cm³/mol. The molecular weight excluding hydrogens is 414 g/mol. The highest BCUT2D eigenvalue weighted by molar-refractivity contribution is 5.99. The van der Waals surface area contributed by atoms with Crippen LogP contribution in [0.2, 0.25) is 0 Å². The minimum Gasteiger partial charge on any atom is -0.347 e. The first-order valence-electron chi connectivity index (χ1n) is 12.0. The summed E-state index contributed by atoms with van der Waals surface area (Å²) in [6, 6.07) is 11.4. The van der Waals surface area contributed by atoms with Crippen molar-refractivity contribution in [3.05, 3.63) is 36.0 Å². The zero-order valence-corrected chi connectivity index (χ0v) is 20.3. The van der Waals surface area contributed by atoms with E-state index in [9.17, 15) is 14.9 Å². The maximum Gasteiger partial charge on any atom is 0.268 e. The Bertz CT molecular complexity index is 1000. The molecule has 1 aromatic heterocycles. The second-order valence-corrected chi connectivity index (χ2v) is 9.83. The summed E-state index contributed by atoms with van der Waals surface area (Å²) in [6.07, 6.45) is 4.04. The van der Waals surface area contributed by atoms with Crippen LogP contribution in [-0.2, 0) is 11.3 Å². The lowest BCUT2D eigenvalue weighted by atomic mass is 9.83. The zero-order chi connectivity index (χ0) is 24.0. The normalized spacial score (nSPS) is 19.4. The molecule has 7 nitrogen and oxygen atoms in total. The number of nitriles is 1. The van der Waals surface area contributed by atoms with Gasteiger partial charge in [-0.15, -0.1) is 0 Å². The van der Waals surface area contributed by atoms with E-state index in [1.54, 1.807) is 0 Å². The molecule has 3 unspecified atom stereocenters. The van der Waals surface area contributed by atoms with E-state index in [1.165, 1.54) is 0 Å². The van der Waals surface area contributed by atoms with Crippen molar-refractivity contribution in [1.82, 2.24) is 20.1 Å². The van der Waals surface area contributed by atoms with Gasteiger partial charge in [-0.3, -0.25) is 9.59 Å². The molecule has 7 heteroatoms. The van der Waals surface area contributed by atoms with Crippen LogP contribution in [0.4, 0.5) is 0 Å². The molecular formula is C26H37N5O2. The van der Waals surface area contributed by atoms with Crippen molar-refractivity contribution in [3.63, 3.8) is 0 Å². The van der Waals surface area contributed by atoms with Crippen LogP contribution in [0.15, 0.2) is 30.3 Å². The van der Waals surface area contributed by atoms with Crippen molar-refractivity contribution in [2.75, 3.05) is 20.6 Å². The Morgan fingerprint density at radius 2 is 1.94 bits per heavy atom. The maximum absolute atomic E-state index is 13.4. The number of aromatic nitrogens is 1. The van der Waals surface area contributed by atoms with Crippen LogP contribution in [0, 0.1) is 23.2 Å². The van der Waals surface area contributed by atoms with E-state index in [1.807, 2.05) is 58.3 Å². The van der Waals surface area contributed by atoms with E-state index in [4.69, 9.17) is 0 Å². The average molecular weight is 452 g/mol. The van der Waals surface area contributed by atoms with Gasteiger partial charge in [-0.1, -0.05) is 44.9 Å². The van der Waals surface area contributed by atoms with Crippen LogP contribution in [0.5, 0.6) is 0 Å². The molecule has 0 bridgehead atoms. The number of carbonyl (C=O) groups excluding carboxylic acids is 2. The van der Waals surface area contributed by atoms with Gasteiger partial charge >= 0.3 is 0 Å². The number of fused-ring (bicyclic) bond motifs is 1. The summed E-state index contributed by atoms with van der Waals surface area (Å²) in [5.74, 6) is -0.264. The molecule has 0 aliphatic heterocycles. The smallest absolute Gasteiger partial charge is 0.268 e. The minimum absolute atomic E-state index is 0.125. The third-order valence-electron chi connectivity index (χ3n) is 6.41. The van der Waals surface area contributed by atoms with Crippen LogP contribution in [0.1, 0.15) is 56.4 Å². The average Bonchev–Trinajstić information content (AvgIpc) is 3.16.